The highest BCUT2D eigenvalue weighted by Crippen LogP contribution is 2.53. The summed E-state index contributed by atoms with van der Waals surface area (Å²) in [6, 6.07) is 2.20. The standard InChI is InChI=1S/C17H23NO2/c1-17-10-9-15-13(14(17)7-8-16(17)19)6-5-12(20-15)4-2-3-11-18/h7,12,16,19H,2-6,8-10H2,1H3. The van der Waals surface area contributed by atoms with E-state index in [9.17, 15) is 5.11 Å². The van der Waals surface area contributed by atoms with Crippen molar-refractivity contribution in [1.82, 2.24) is 0 Å². The number of unbranched alkanes of at least 4 members (excludes halogenated alkanes) is 1. The zero-order valence-electron chi connectivity index (χ0n) is 12.2. The van der Waals surface area contributed by atoms with Crippen LogP contribution in [-0.4, -0.2) is 17.3 Å². The largest absolute Gasteiger partial charge is 0.494 e. The van der Waals surface area contributed by atoms with Crippen molar-refractivity contribution in [1.29, 1.82) is 5.26 Å². The average Bonchev–Trinajstić information content (AvgIpc) is 2.75. The van der Waals surface area contributed by atoms with Crippen LogP contribution < -0.4 is 0 Å². The molecule has 3 atom stereocenters. The molecular formula is C17H23NO2. The van der Waals surface area contributed by atoms with Crippen molar-refractivity contribution in [3.8, 4) is 6.07 Å². The van der Waals surface area contributed by atoms with Gasteiger partial charge in [0.05, 0.1) is 24.0 Å². The van der Waals surface area contributed by atoms with Crippen LogP contribution >= 0.6 is 0 Å². The fourth-order valence-electron chi connectivity index (χ4n) is 3.93. The van der Waals surface area contributed by atoms with Gasteiger partial charge in [-0.2, -0.15) is 5.26 Å². The van der Waals surface area contributed by atoms with Gasteiger partial charge in [0.25, 0.3) is 0 Å². The summed E-state index contributed by atoms with van der Waals surface area (Å²) in [5, 5.41) is 18.8. The second-order valence-corrected chi connectivity index (χ2v) is 6.52. The van der Waals surface area contributed by atoms with Crippen LogP contribution in [0, 0.1) is 16.7 Å². The van der Waals surface area contributed by atoms with Crippen molar-refractivity contribution < 1.29 is 9.84 Å². The number of nitriles is 1. The van der Waals surface area contributed by atoms with E-state index in [4.69, 9.17) is 10.00 Å². The van der Waals surface area contributed by atoms with Gasteiger partial charge in [-0.15, -0.1) is 0 Å². The Hall–Kier alpha value is -1.27. The highest BCUT2D eigenvalue weighted by atomic mass is 16.5. The van der Waals surface area contributed by atoms with Crippen LogP contribution in [0.2, 0.25) is 0 Å². The van der Waals surface area contributed by atoms with Crippen molar-refractivity contribution in [3.05, 3.63) is 23.0 Å². The highest BCUT2D eigenvalue weighted by Gasteiger charge is 2.46. The lowest BCUT2D eigenvalue weighted by molar-refractivity contribution is 0.0388. The lowest BCUT2D eigenvalue weighted by Crippen LogP contribution is -2.35. The van der Waals surface area contributed by atoms with E-state index in [1.165, 1.54) is 11.1 Å². The fourth-order valence-corrected chi connectivity index (χ4v) is 3.93. The van der Waals surface area contributed by atoms with E-state index in [1.807, 2.05) is 0 Å². The van der Waals surface area contributed by atoms with Gasteiger partial charge in [-0.25, -0.2) is 0 Å². The van der Waals surface area contributed by atoms with Crippen LogP contribution in [-0.2, 0) is 4.74 Å². The third-order valence-electron chi connectivity index (χ3n) is 5.27. The number of hydrogen-bond acceptors (Lipinski definition) is 3. The number of fused-ring (bicyclic) bond motifs is 2. The number of allylic oxidation sites excluding steroid dienone is 2. The molecule has 1 aliphatic heterocycles. The molecule has 108 valence electrons. The van der Waals surface area contributed by atoms with Crippen molar-refractivity contribution >= 4 is 0 Å². The molecule has 2 aliphatic carbocycles. The van der Waals surface area contributed by atoms with Gasteiger partial charge in [0, 0.05) is 18.3 Å². The first-order chi connectivity index (χ1) is 9.65. The molecule has 0 saturated heterocycles. The van der Waals surface area contributed by atoms with Crippen LogP contribution in [0.3, 0.4) is 0 Å². The van der Waals surface area contributed by atoms with Crippen LogP contribution in [0.15, 0.2) is 23.0 Å². The van der Waals surface area contributed by atoms with E-state index in [0.717, 1.165) is 50.7 Å². The van der Waals surface area contributed by atoms with Gasteiger partial charge in [0.15, 0.2) is 0 Å². The number of nitrogens with zero attached hydrogens (tertiary/aromatic N) is 1. The summed E-state index contributed by atoms with van der Waals surface area (Å²) in [4.78, 5) is 0. The third kappa shape index (κ3) is 2.16. The fraction of sp³-hybridized carbons (Fsp3) is 0.706. The van der Waals surface area contributed by atoms with Crippen LogP contribution in [0.25, 0.3) is 0 Å². The SMILES string of the molecule is CC12CCC3=C(CCC(CCCC#N)O3)C1=CCC2O. The molecule has 3 heteroatoms. The molecule has 20 heavy (non-hydrogen) atoms. The zero-order valence-corrected chi connectivity index (χ0v) is 12.2. The van der Waals surface area contributed by atoms with Crippen LogP contribution in [0.5, 0.6) is 0 Å². The summed E-state index contributed by atoms with van der Waals surface area (Å²) in [5.74, 6) is 1.16. The molecule has 0 aromatic rings. The summed E-state index contributed by atoms with van der Waals surface area (Å²) in [6.45, 7) is 2.19. The molecule has 1 heterocycles. The normalized spacial score (nSPS) is 35.8. The average molecular weight is 273 g/mol. The van der Waals surface area contributed by atoms with Crippen molar-refractivity contribution in [2.24, 2.45) is 5.41 Å². The Kier molecular flexibility index (Phi) is 3.60. The Balaban J connectivity index is 1.72. The molecule has 0 saturated carbocycles. The van der Waals surface area contributed by atoms with E-state index in [-0.39, 0.29) is 11.5 Å². The van der Waals surface area contributed by atoms with Gasteiger partial charge < -0.3 is 9.84 Å². The minimum atomic E-state index is -0.222. The minimum absolute atomic E-state index is 0.0458. The molecule has 0 amide bonds. The number of ether oxygens (including phenoxy) is 1. The summed E-state index contributed by atoms with van der Waals surface area (Å²) in [6.07, 6.45) is 9.69. The quantitative estimate of drug-likeness (QED) is 0.799. The molecule has 0 radical (unpaired) electrons. The smallest absolute Gasteiger partial charge is 0.0999 e. The molecule has 0 aromatic heterocycles. The van der Waals surface area contributed by atoms with Crippen LogP contribution in [0.1, 0.15) is 58.3 Å². The van der Waals surface area contributed by atoms with E-state index in [2.05, 4.69) is 19.1 Å². The molecule has 3 rings (SSSR count). The molecule has 0 aromatic carbocycles. The number of aliphatic hydroxyl groups is 1. The first kappa shape index (κ1) is 13.7. The minimum Gasteiger partial charge on any atom is -0.494 e. The van der Waals surface area contributed by atoms with Crippen molar-refractivity contribution in [2.75, 3.05) is 0 Å². The number of hydrogen-bond donors (Lipinski definition) is 1. The Morgan fingerprint density at radius 1 is 1.50 bits per heavy atom. The van der Waals surface area contributed by atoms with E-state index >= 15 is 0 Å². The van der Waals surface area contributed by atoms with Crippen molar-refractivity contribution in [2.45, 2.75) is 70.5 Å². The lowest BCUT2D eigenvalue weighted by atomic mass is 9.69. The summed E-state index contributed by atoms with van der Waals surface area (Å²) in [5.41, 5.74) is 2.67. The molecular weight excluding hydrogens is 250 g/mol. The second-order valence-electron chi connectivity index (χ2n) is 6.52. The van der Waals surface area contributed by atoms with E-state index < -0.39 is 0 Å². The molecule has 3 aliphatic rings. The molecule has 3 unspecified atom stereocenters. The highest BCUT2D eigenvalue weighted by molar-refractivity contribution is 5.45. The first-order valence-corrected chi connectivity index (χ1v) is 7.80. The summed E-state index contributed by atoms with van der Waals surface area (Å²) < 4.78 is 6.17. The Morgan fingerprint density at radius 2 is 2.35 bits per heavy atom. The van der Waals surface area contributed by atoms with Gasteiger partial charge in [-0.05, 0) is 49.7 Å². The molecule has 3 nitrogen and oxygen atoms in total. The second kappa shape index (κ2) is 5.26. The Labute approximate surface area is 120 Å². The number of aliphatic hydroxyl groups excluding tert-OH is 1. The van der Waals surface area contributed by atoms with E-state index in [1.54, 1.807) is 0 Å². The molecule has 0 spiro atoms. The third-order valence-corrected chi connectivity index (χ3v) is 5.27. The van der Waals surface area contributed by atoms with Gasteiger partial charge in [-0.3, -0.25) is 0 Å². The van der Waals surface area contributed by atoms with Gasteiger partial charge in [0.1, 0.15) is 0 Å². The van der Waals surface area contributed by atoms with Gasteiger partial charge >= 0.3 is 0 Å². The van der Waals surface area contributed by atoms with E-state index in [0.29, 0.717) is 12.5 Å². The maximum atomic E-state index is 10.2. The molecule has 0 fully saturated rings. The Bertz CT molecular complexity index is 500. The maximum Gasteiger partial charge on any atom is 0.0999 e. The topological polar surface area (TPSA) is 53.2 Å². The summed E-state index contributed by atoms with van der Waals surface area (Å²) in [7, 11) is 0. The zero-order chi connectivity index (χ0) is 14.2. The predicted octanol–water partition coefficient (Wildman–Crippen LogP) is 3.60. The Morgan fingerprint density at radius 3 is 3.15 bits per heavy atom. The van der Waals surface area contributed by atoms with Crippen molar-refractivity contribution in [3.63, 3.8) is 0 Å². The first-order valence-electron chi connectivity index (χ1n) is 7.80. The number of rotatable bonds is 3. The maximum absolute atomic E-state index is 10.2. The van der Waals surface area contributed by atoms with Gasteiger partial charge in [0.2, 0.25) is 0 Å². The summed E-state index contributed by atoms with van der Waals surface area (Å²) >= 11 is 0. The predicted molar refractivity (Wildman–Crippen MR) is 76.6 cm³/mol. The monoisotopic (exact) mass is 273 g/mol. The lowest BCUT2D eigenvalue weighted by Gasteiger charge is -2.41. The van der Waals surface area contributed by atoms with Gasteiger partial charge in [-0.1, -0.05) is 13.0 Å². The molecule has 0 bridgehead atoms. The van der Waals surface area contributed by atoms with Crippen LogP contribution in [0.4, 0.5) is 0 Å². The molecule has 1 N–H and O–H groups in total.